The first-order chi connectivity index (χ1) is 8.26. The molecule has 4 heteroatoms. The molecule has 1 rings (SSSR count). The summed E-state index contributed by atoms with van der Waals surface area (Å²) in [5, 5.41) is 3.17. The van der Waals surface area contributed by atoms with E-state index in [0.717, 1.165) is 6.42 Å². The molecule has 3 N–H and O–H groups in total. The monoisotopic (exact) mass is 270 g/mol. The summed E-state index contributed by atoms with van der Waals surface area (Å²) < 4.78 is 0. The van der Waals surface area contributed by atoms with Crippen LogP contribution < -0.4 is 11.1 Å². The lowest BCUT2D eigenvalue weighted by atomic mass is 9.77. The van der Waals surface area contributed by atoms with Crippen molar-refractivity contribution in [2.24, 2.45) is 23.0 Å². The van der Waals surface area contributed by atoms with Crippen LogP contribution >= 0.6 is 12.2 Å². The van der Waals surface area contributed by atoms with Gasteiger partial charge in [0.15, 0.2) is 0 Å². The number of hydrogen-bond donors (Lipinski definition) is 2. The van der Waals surface area contributed by atoms with Gasteiger partial charge in [0.1, 0.15) is 0 Å². The first-order valence-electron chi connectivity index (χ1n) is 6.87. The van der Waals surface area contributed by atoms with Crippen LogP contribution in [0.4, 0.5) is 0 Å². The van der Waals surface area contributed by atoms with Crippen molar-refractivity contribution < 1.29 is 4.79 Å². The normalized spacial score (nSPS) is 24.9. The van der Waals surface area contributed by atoms with Gasteiger partial charge in [0.05, 0.1) is 10.4 Å². The van der Waals surface area contributed by atoms with Gasteiger partial charge in [0.2, 0.25) is 5.91 Å². The van der Waals surface area contributed by atoms with Crippen LogP contribution in [0.25, 0.3) is 0 Å². The molecule has 0 aromatic rings. The highest BCUT2D eigenvalue weighted by Gasteiger charge is 2.35. The smallest absolute Gasteiger partial charge is 0.232 e. The third-order valence-corrected chi connectivity index (χ3v) is 4.69. The standard InChI is InChI=1S/C14H26N2OS/c1-9(2)10-7-5-6-8-11(10)16-13(17)14(3,4)12(15)18/h9-11H,5-8H2,1-4H3,(H2,15,18)(H,16,17). The molecule has 18 heavy (non-hydrogen) atoms. The second-order valence-electron chi connectivity index (χ2n) is 6.26. The van der Waals surface area contributed by atoms with E-state index in [-0.39, 0.29) is 16.9 Å². The average molecular weight is 270 g/mol. The molecule has 1 amide bonds. The number of carbonyl (C=O) groups is 1. The molecule has 2 unspecified atom stereocenters. The second kappa shape index (κ2) is 6.00. The van der Waals surface area contributed by atoms with Crippen LogP contribution in [0.3, 0.4) is 0 Å². The van der Waals surface area contributed by atoms with Crippen LogP contribution in [0.2, 0.25) is 0 Å². The van der Waals surface area contributed by atoms with E-state index >= 15 is 0 Å². The van der Waals surface area contributed by atoms with Gasteiger partial charge >= 0.3 is 0 Å². The van der Waals surface area contributed by atoms with Gasteiger partial charge in [-0.3, -0.25) is 4.79 Å². The number of thiocarbonyl (C=S) groups is 1. The van der Waals surface area contributed by atoms with Crippen molar-refractivity contribution in [3.63, 3.8) is 0 Å². The summed E-state index contributed by atoms with van der Waals surface area (Å²) in [5.74, 6) is 1.14. The largest absolute Gasteiger partial charge is 0.392 e. The lowest BCUT2D eigenvalue weighted by molar-refractivity contribution is -0.127. The zero-order chi connectivity index (χ0) is 13.9. The fourth-order valence-corrected chi connectivity index (χ4v) is 2.69. The van der Waals surface area contributed by atoms with Crippen molar-refractivity contribution in [2.45, 2.75) is 59.4 Å². The van der Waals surface area contributed by atoms with Crippen LogP contribution in [0.5, 0.6) is 0 Å². The topological polar surface area (TPSA) is 55.1 Å². The van der Waals surface area contributed by atoms with Crippen LogP contribution in [0, 0.1) is 17.3 Å². The van der Waals surface area contributed by atoms with Gasteiger partial charge in [-0.15, -0.1) is 0 Å². The Hall–Kier alpha value is -0.640. The third-order valence-electron chi connectivity index (χ3n) is 4.18. The highest BCUT2D eigenvalue weighted by Crippen LogP contribution is 2.31. The van der Waals surface area contributed by atoms with Crippen molar-refractivity contribution in [3.05, 3.63) is 0 Å². The maximum Gasteiger partial charge on any atom is 0.232 e. The molecule has 0 heterocycles. The zero-order valence-electron chi connectivity index (χ0n) is 12.0. The summed E-state index contributed by atoms with van der Waals surface area (Å²) in [6.45, 7) is 8.04. The van der Waals surface area contributed by atoms with E-state index in [2.05, 4.69) is 19.2 Å². The molecule has 2 atom stereocenters. The summed E-state index contributed by atoms with van der Waals surface area (Å²) in [4.78, 5) is 12.5. The van der Waals surface area contributed by atoms with E-state index in [1.165, 1.54) is 19.3 Å². The van der Waals surface area contributed by atoms with Gasteiger partial charge in [-0.05, 0) is 38.5 Å². The molecule has 3 nitrogen and oxygen atoms in total. The SMILES string of the molecule is CC(C)C1CCCCC1NC(=O)C(C)(C)C(N)=S. The molecular weight excluding hydrogens is 244 g/mol. The van der Waals surface area contributed by atoms with Gasteiger partial charge in [-0.25, -0.2) is 0 Å². The number of hydrogen-bond acceptors (Lipinski definition) is 2. The molecule has 0 bridgehead atoms. The van der Waals surface area contributed by atoms with Gasteiger partial charge in [-0.2, -0.15) is 0 Å². The first-order valence-corrected chi connectivity index (χ1v) is 7.28. The lowest BCUT2D eigenvalue weighted by Crippen LogP contribution is -2.51. The summed E-state index contributed by atoms with van der Waals surface area (Å²) in [7, 11) is 0. The second-order valence-corrected chi connectivity index (χ2v) is 6.70. The van der Waals surface area contributed by atoms with Gasteiger partial charge in [0, 0.05) is 6.04 Å². The van der Waals surface area contributed by atoms with E-state index in [9.17, 15) is 4.79 Å². The fourth-order valence-electron chi connectivity index (χ4n) is 2.60. The average Bonchev–Trinajstić information content (AvgIpc) is 2.29. The van der Waals surface area contributed by atoms with Crippen molar-refractivity contribution in [3.8, 4) is 0 Å². The van der Waals surface area contributed by atoms with Crippen LogP contribution in [-0.2, 0) is 4.79 Å². The molecule has 0 aliphatic heterocycles. The Balaban J connectivity index is 2.70. The number of rotatable bonds is 4. The molecule has 0 aromatic heterocycles. The van der Waals surface area contributed by atoms with Gasteiger partial charge < -0.3 is 11.1 Å². The van der Waals surface area contributed by atoms with Gasteiger partial charge in [0.25, 0.3) is 0 Å². The van der Waals surface area contributed by atoms with Gasteiger partial charge in [-0.1, -0.05) is 38.9 Å². The zero-order valence-corrected chi connectivity index (χ0v) is 12.8. The number of nitrogens with one attached hydrogen (secondary N) is 1. The van der Waals surface area contributed by atoms with Crippen LogP contribution in [-0.4, -0.2) is 16.9 Å². The Morgan fingerprint density at radius 2 is 1.89 bits per heavy atom. The van der Waals surface area contributed by atoms with E-state index in [0.29, 0.717) is 11.8 Å². The summed E-state index contributed by atoms with van der Waals surface area (Å²) >= 11 is 4.97. The summed E-state index contributed by atoms with van der Waals surface area (Å²) in [6.07, 6.45) is 4.74. The minimum absolute atomic E-state index is 0.0347. The number of nitrogens with two attached hydrogens (primary N) is 1. The predicted molar refractivity (Wildman–Crippen MR) is 79.3 cm³/mol. The third kappa shape index (κ3) is 3.44. The molecule has 1 saturated carbocycles. The lowest BCUT2D eigenvalue weighted by Gasteiger charge is -2.36. The molecule has 104 valence electrons. The highest BCUT2D eigenvalue weighted by atomic mass is 32.1. The van der Waals surface area contributed by atoms with Crippen molar-refractivity contribution >= 4 is 23.1 Å². The first kappa shape index (κ1) is 15.4. The van der Waals surface area contributed by atoms with Crippen LogP contribution in [0.1, 0.15) is 53.4 Å². The molecular formula is C14H26N2OS. The van der Waals surface area contributed by atoms with Crippen LogP contribution in [0.15, 0.2) is 0 Å². The Bertz CT molecular complexity index is 326. The van der Waals surface area contributed by atoms with E-state index in [1.807, 2.05) is 0 Å². The number of carbonyl (C=O) groups excluding carboxylic acids is 1. The fraction of sp³-hybridized carbons (Fsp3) is 0.857. The van der Waals surface area contributed by atoms with Crippen molar-refractivity contribution in [1.82, 2.24) is 5.32 Å². The minimum atomic E-state index is -0.756. The maximum atomic E-state index is 12.3. The Kier molecular flexibility index (Phi) is 5.14. The minimum Gasteiger partial charge on any atom is -0.392 e. The van der Waals surface area contributed by atoms with E-state index in [1.54, 1.807) is 13.8 Å². The highest BCUT2D eigenvalue weighted by molar-refractivity contribution is 7.80. The summed E-state index contributed by atoms with van der Waals surface area (Å²) in [6, 6.07) is 0.278. The molecule has 0 radical (unpaired) electrons. The Morgan fingerprint density at radius 3 is 2.39 bits per heavy atom. The molecule has 1 fully saturated rings. The molecule has 1 aliphatic rings. The van der Waals surface area contributed by atoms with E-state index < -0.39 is 5.41 Å². The number of amides is 1. The predicted octanol–water partition coefficient (Wildman–Crippen LogP) is 2.63. The Labute approximate surface area is 116 Å². The maximum absolute atomic E-state index is 12.3. The molecule has 0 saturated heterocycles. The molecule has 1 aliphatic carbocycles. The Morgan fingerprint density at radius 1 is 1.33 bits per heavy atom. The van der Waals surface area contributed by atoms with Crippen molar-refractivity contribution in [1.29, 1.82) is 0 Å². The molecule has 0 spiro atoms. The summed E-state index contributed by atoms with van der Waals surface area (Å²) in [5.41, 5.74) is 4.89. The van der Waals surface area contributed by atoms with E-state index in [4.69, 9.17) is 18.0 Å². The quantitative estimate of drug-likeness (QED) is 0.772. The van der Waals surface area contributed by atoms with Crippen molar-refractivity contribution in [2.75, 3.05) is 0 Å². The molecule has 0 aromatic carbocycles.